The molecule has 0 radical (unpaired) electrons. The fraction of sp³-hybridized carbons (Fsp3) is 0.545. The lowest BCUT2D eigenvalue weighted by atomic mass is 10.2. The van der Waals surface area contributed by atoms with E-state index in [4.69, 9.17) is 4.74 Å². The zero-order chi connectivity index (χ0) is 10.4. The third kappa shape index (κ3) is 3.34. The number of nitrogens with zero attached hydrogens (tertiary/aromatic N) is 1. The number of aryl methyl sites for hydroxylation is 1. The molecule has 0 bridgehead atoms. The lowest BCUT2D eigenvalue weighted by Crippen LogP contribution is -2.23. The summed E-state index contributed by atoms with van der Waals surface area (Å²) in [5.74, 6) is 0. The first-order chi connectivity index (χ1) is 6.76. The Balaban J connectivity index is 2.57. The minimum Gasteiger partial charge on any atom is -0.383 e. The van der Waals surface area contributed by atoms with Gasteiger partial charge in [-0.15, -0.1) is 0 Å². The van der Waals surface area contributed by atoms with E-state index >= 15 is 0 Å². The second-order valence-corrected chi connectivity index (χ2v) is 3.46. The topological polar surface area (TPSA) is 34.1 Å². The predicted molar refractivity (Wildman–Crippen MR) is 58.6 cm³/mol. The van der Waals surface area contributed by atoms with Gasteiger partial charge >= 0.3 is 0 Å². The number of nitrogens with one attached hydrogen (secondary N) is 1. The van der Waals surface area contributed by atoms with Gasteiger partial charge in [0.15, 0.2) is 0 Å². The maximum Gasteiger partial charge on any atom is 0.0663 e. The maximum absolute atomic E-state index is 5.11. The first kappa shape index (κ1) is 11.0. The van der Waals surface area contributed by atoms with Crippen molar-refractivity contribution >= 4 is 5.69 Å². The summed E-state index contributed by atoms with van der Waals surface area (Å²) in [5, 5.41) is 3.38. The molecule has 3 heteroatoms. The lowest BCUT2D eigenvalue weighted by Gasteiger charge is -2.17. The lowest BCUT2D eigenvalue weighted by molar-refractivity contribution is 0.184. The molecule has 1 aromatic rings. The van der Waals surface area contributed by atoms with Crippen LogP contribution in [0.25, 0.3) is 0 Å². The Morgan fingerprint density at radius 3 is 2.86 bits per heavy atom. The molecular weight excluding hydrogens is 176 g/mol. The molecule has 0 aromatic carbocycles. The fourth-order valence-electron chi connectivity index (χ4n) is 1.33. The number of pyridine rings is 1. The molecule has 0 aliphatic carbocycles. The summed E-state index contributed by atoms with van der Waals surface area (Å²) < 4.78 is 5.11. The standard InChI is InChI=1S/C11H18N2O/c1-4-10(8-14-3)13-11-5-9(2)6-12-7-11/h5-7,10,13H,4,8H2,1-3H3. The molecule has 3 nitrogen and oxygen atoms in total. The normalized spacial score (nSPS) is 12.5. The van der Waals surface area contributed by atoms with Crippen molar-refractivity contribution in [2.75, 3.05) is 19.0 Å². The monoisotopic (exact) mass is 194 g/mol. The Morgan fingerprint density at radius 1 is 1.50 bits per heavy atom. The van der Waals surface area contributed by atoms with E-state index < -0.39 is 0 Å². The van der Waals surface area contributed by atoms with Crippen LogP contribution >= 0.6 is 0 Å². The summed E-state index contributed by atoms with van der Waals surface area (Å²) >= 11 is 0. The Bertz CT molecular complexity index is 276. The number of aromatic nitrogens is 1. The summed E-state index contributed by atoms with van der Waals surface area (Å²) in [4.78, 5) is 4.13. The first-order valence-electron chi connectivity index (χ1n) is 4.93. The van der Waals surface area contributed by atoms with E-state index in [0.717, 1.165) is 18.7 Å². The molecule has 0 aliphatic rings. The molecule has 78 valence electrons. The van der Waals surface area contributed by atoms with Gasteiger partial charge in [-0.05, 0) is 25.0 Å². The Kier molecular flexibility index (Phi) is 4.40. The van der Waals surface area contributed by atoms with Gasteiger partial charge in [-0.3, -0.25) is 4.98 Å². The van der Waals surface area contributed by atoms with E-state index in [1.54, 1.807) is 7.11 Å². The van der Waals surface area contributed by atoms with Crippen LogP contribution < -0.4 is 5.32 Å². The van der Waals surface area contributed by atoms with Crippen molar-refractivity contribution in [3.05, 3.63) is 24.0 Å². The van der Waals surface area contributed by atoms with E-state index in [2.05, 4.69) is 23.3 Å². The van der Waals surface area contributed by atoms with Gasteiger partial charge in [0.25, 0.3) is 0 Å². The quantitative estimate of drug-likeness (QED) is 0.780. The van der Waals surface area contributed by atoms with Crippen molar-refractivity contribution in [1.82, 2.24) is 4.98 Å². The van der Waals surface area contributed by atoms with E-state index in [1.807, 2.05) is 19.3 Å². The number of rotatable bonds is 5. The molecule has 0 spiro atoms. The molecule has 0 saturated heterocycles. The van der Waals surface area contributed by atoms with Gasteiger partial charge in [-0.1, -0.05) is 6.92 Å². The van der Waals surface area contributed by atoms with Crippen LogP contribution in [-0.4, -0.2) is 24.7 Å². The van der Waals surface area contributed by atoms with Gasteiger partial charge < -0.3 is 10.1 Å². The van der Waals surface area contributed by atoms with Gasteiger partial charge in [0.1, 0.15) is 0 Å². The number of methoxy groups -OCH3 is 1. The highest BCUT2D eigenvalue weighted by Gasteiger charge is 2.04. The largest absolute Gasteiger partial charge is 0.383 e. The second kappa shape index (κ2) is 5.60. The molecule has 1 rings (SSSR count). The van der Waals surface area contributed by atoms with E-state index in [0.29, 0.717) is 6.04 Å². The van der Waals surface area contributed by atoms with Crippen LogP contribution in [0.15, 0.2) is 18.5 Å². The third-order valence-electron chi connectivity index (χ3n) is 2.11. The van der Waals surface area contributed by atoms with Crippen molar-refractivity contribution in [3.63, 3.8) is 0 Å². The first-order valence-corrected chi connectivity index (χ1v) is 4.93. The Hall–Kier alpha value is -1.09. The molecular formula is C11H18N2O. The fourth-order valence-corrected chi connectivity index (χ4v) is 1.33. The summed E-state index contributed by atoms with van der Waals surface area (Å²) in [6.45, 7) is 4.90. The van der Waals surface area contributed by atoms with Gasteiger partial charge in [0, 0.05) is 25.5 Å². The minimum absolute atomic E-state index is 0.364. The molecule has 1 heterocycles. The molecule has 14 heavy (non-hydrogen) atoms. The second-order valence-electron chi connectivity index (χ2n) is 3.46. The summed E-state index contributed by atoms with van der Waals surface area (Å²) in [6.07, 6.45) is 4.73. The highest BCUT2D eigenvalue weighted by Crippen LogP contribution is 2.10. The van der Waals surface area contributed by atoms with Gasteiger partial charge in [-0.25, -0.2) is 0 Å². The number of ether oxygens (including phenoxy) is 1. The van der Waals surface area contributed by atoms with E-state index in [-0.39, 0.29) is 0 Å². The van der Waals surface area contributed by atoms with Crippen molar-refractivity contribution < 1.29 is 4.74 Å². The number of hydrogen-bond acceptors (Lipinski definition) is 3. The Labute approximate surface area is 85.5 Å². The SMILES string of the molecule is CCC(COC)Nc1cncc(C)c1. The molecule has 1 unspecified atom stereocenters. The average molecular weight is 194 g/mol. The third-order valence-corrected chi connectivity index (χ3v) is 2.11. The van der Waals surface area contributed by atoms with E-state index in [1.165, 1.54) is 5.56 Å². The van der Waals surface area contributed by atoms with Crippen LogP contribution in [0.3, 0.4) is 0 Å². The smallest absolute Gasteiger partial charge is 0.0663 e. The highest BCUT2D eigenvalue weighted by molar-refractivity contribution is 5.43. The minimum atomic E-state index is 0.364. The van der Waals surface area contributed by atoms with Crippen molar-refractivity contribution in [2.24, 2.45) is 0 Å². The van der Waals surface area contributed by atoms with Crippen molar-refractivity contribution in [3.8, 4) is 0 Å². The van der Waals surface area contributed by atoms with Crippen LogP contribution in [-0.2, 0) is 4.74 Å². The molecule has 0 fully saturated rings. The maximum atomic E-state index is 5.11. The van der Waals surface area contributed by atoms with Crippen molar-refractivity contribution in [2.45, 2.75) is 26.3 Å². The Morgan fingerprint density at radius 2 is 2.29 bits per heavy atom. The average Bonchev–Trinajstić information content (AvgIpc) is 2.17. The van der Waals surface area contributed by atoms with Crippen LogP contribution in [0, 0.1) is 6.92 Å². The predicted octanol–water partition coefficient (Wildman–Crippen LogP) is 2.23. The van der Waals surface area contributed by atoms with E-state index in [9.17, 15) is 0 Å². The van der Waals surface area contributed by atoms with Crippen LogP contribution in [0.4, 0.5) is 5.69 Å². The van der Waals surface area contributed by atoms with Crippen LogP contribution in [0.1, 0.15) is 18.9 Å². The number of hydrogen-bond donors (Lipinski definition) is 1. The van der Waals surface area contributed by atoms with Crippen LogP contribution in [0.5, 0.6) is 0 Å². The molecule has 0 aliphatic heterocycles. The van der Waals surface area contributed by atoms with Gasteiger partial charge in [-0.2, -0.15) is 0 Å². The summed E-state index contributed by atoms with van der Waals surface area (Å²) in [7, 11) is 1.72. The zero-order valence-electron chi connectivity index (χ0n) is 9.08. The highest BCUT2D eigenvalue weighted by atomic mass is 16.5. The summed E-state index contributed by atoms with van der Waals surface area (Å²) in [6, 6.07) is 2.45. The van der Waals surface area contributed by atoms with Gasteiger partial charge in [0.2, 0.25) is 0 Å². The van der Waals surface area contributed by atoms with Gasteiger partial charge in [0.05, 0.1) is 12.3 Å². The molecule has 1 N–H and O–H groups in total. The molecule has 0 amide bonds. The van der Waals surface area contributed by atoms with Crippen LogP contribution in [0.2, 0.25) is 0 Å². The summed E-state index contributed by atoms with van der Waals surface area (Å²) in [5.41, 5.74) is 2.23. The number of anilines is 1. The zero-order valence-corrected chi connectivity index (χ0v) is 9.08. The molecule has 0 saturated carbocycles. The molecule has 1 atom stereocenters. The van der Waals surface area contributed by atoms with Crippen molar-refractivity contribution in [1.29, 1.82) is 0 Å². The molecule has 1 aromatic heterocycles.